The van der Waals surface area contributed by atoms with Crippen LogP contribution >= 0.6 is 0 Å². The first kappa shape index (κ1) is 11.3. The smallest absolute Gasteiger partial charge is 0.0329 e. The molecular weight excluding hydrogens is 172 g/mol. The minimum absolute atomic E-state index is 0.503. The third-order valence-corrected chi connectivity index (χ3v) is 2.51. The lowest BCUT2D eigenvalue weighted by Crippen LogP contribution is -2.14. The highest BCUT2D eigenvalue weighted by Crippen LogP contribution is 2.16. The van der Waals surface area contributed by atoms with E-state index in [-0.39, 0.29) is 0 Å². The van der Waals surface area contributed by atoms with Crippen molar-refractivity contribution in [2.45, 2.75) is 39.8 Å². The van der Waals surface area contributed by atoms with Crippen LogP contribution in [0, 0.1) is 5.92 Å². The van der Waals surface area contributed by atoms with Gasteiger partial charge in [-0.15, -0.1) is 0 Å². The van der Waals surface area contributed by atoms with Gasteiger partial charge >= 0.3 is 0 Å². The zero-order valence-electron chi connectivity index (χ0n) is 9.75. The lowest BCUT2D eigenvalue weighted by Gasteiger charge is -2.11. The largest absolute Gasteiger partial charge is 0.354 e. The van der Waals surface area contributed by atoms with E-state index in [1.807, 2.05) is 7.05 Å². The molecule has 0 saturated carbocycles. The fourth-order valence-electron chi connectivity index (χ4n) is 1.81. The topological polar surface area (TPSA) is 17.0 Å². The van der Waals surface area contributed by atoms with E-state index in [1.54, 1.807) is 0 Å². The average Bonchev–Trinajstić information content (AvgIpc) is 2.54. The Morgan fingerprint density at radius 3 is 2.64 bits per heavy atom. The van der Waals surface area contributed by atoms with Crippen LogP contribution < -0.4 is 5.32 Å². The van der Waals surface area contributed by atoms with Gasteiger partial charge in [-0.25, -0.2) is 0 Å². The Balaban J connectivity index is 2.66. The summed E-state index contributed by atoms with van der Waals surface area (Å²) >= 11 is 0. The fourth-order valence-corrected chi connectivity index (χ4v) is 1.81. The Morgan fingerprint density at radius 1 is 1.43 bits per heavy atom. The maximum Gasteiger partial charge on any atom is 0.0329 e. The van der Waals surface area contributed by atoms with Crippen LogP contribution in [-0.4, -0.2) is 11.6 Å². The van der Waals surface area contributed by atoms with E-state index in [4.69, 9.17) is 0 Å². The SMILES string of the molecule is CCC(NC)c1ccn(CC(C)C)c1. The van der Waals surface area contributed by atoms with Gasteiger partial charge in [0.25, 0.3) is 0 Å². The van der Waals surface area contributed by atoms with Gasteiger partial charge in [0.15, 0.2) is 0 Å². The van der Waals surface area contributed by atoms with E-state index in [1.165, 1.54) is 5.56 Å². The van der Waals surface area contributed by atoms with Crippen molar-refractivity contribution in [1.29, 1.82) is 0 Å². The molecule has 1 aromatic heterocycles. The van der Waals surface area contributed by atoms with Crippen LogP contribution in [0.2, 0.25) is 0 Å². The lowest BCUT2D eigenvalue weighted by atomic mass is 10.1. The molecule has 0 amide bonds. The van der Waals surface area contributed by atoms with E-state index in [2.05, 4.69) is 49.1 Å². The molecule has 1 unspecified atom stereocenters. The highest BCUT2D eigenvalue weighted by molar-refractivity contribution is 5.15. The number of rotatable bonds is 5. The Kier molecular flexibility index (Phi) is 4.21. The van der Waals surface area contributed by atoms with Crippen LogP contribution in [0.5, 0.6) is 0 Å². The molecule has 1 rings (SSSR count). The molecule has 0 aromatic carbocycles. The number of nitrogens with zero attached hydrogens (tertiary/aromatic N) is 1. The first-order valence-electron chi connectivity index (χ1n) is 5.50. The van der Waals surface area contributed by atoms with Gasteiger partial charge in [-0.1, -0.05) is 20.8 Å². The standard InChI is InChI=1S/C12H22N2/c1-5-12(13-4)11-6-7-14(9-11)8-10(2)3/h6-7,9-10,12-13H,5,8H2,1-4H3. The molecule has 0 bridgehead atoms. The van der Waals surface area contributed by atoms with E-state index < -0.39 is 0 Å². The molecule has 0 radical (unpaired) electrons. The van der Waals surface area contributed by atoms with E-state index >= 15 is 0 Å². The van der Waals surface area contributed by atoms with Crippen molar-refractivity contribution in [2.24, 2.45) is 5.92 Å². The number of aromatic nitrogens is 1. The van der Waals surface area contributed by atoms with Crippen molar-refractivity contribution in [2.75, 3.05) is 7.05 Å². The molecule has 2 nitrogen and oxygen atoms in total. The molecule has 1 heterocycles. The van der Waals surface area contributed by atoms with Gasteiger partial charge in [-0.2, -0.15) is 0 Å². The molecule has 0 aliphatic rings. The monoisotopic (exact) mass is 194 g/mol. The average molecular weight is 194 g/mol. The second-order valence-corrected chi connectivity index (χ2v) is 4.28. The Labute approximate surface area is 87.3 Å². The molecular formula is C12H22N2. The summed E-state index contributed by atoms with van der Waals surface area (Å²) in [6.45, 7) is 7.81. The van der Waals surface area contributed by atoms with E-state index in [0.29, 0.717) is 12.0 Å². The van der Waals surface area contributed by atoms with E-state index in [9.17, 15) is 0 Å². The van der Waals surface area contributed by atoms with Crippen LogP contribution in [0.4, 0.5) is 0 Å². The zero-order valence-corrected chi connectivity index (χ0v) is 9.75. The van der Waals surface area contributed by atoms with Crippen molar-refractivity contribution in [3.63, 3.8) is 0 Å². The molecule has 2 heteroatoms. The van der Waals surface area contributed by atoms with Crippen LogP contribution in [0.25, 0.3) is 0 Å². The molecule has 1 aromatic rings. The van der Waals surface area contributed by atoms with Crippen LogP contribution in [0.15, 0.2) is 18.5 Å². The summed E-state index contributed by atoms with van der Waals surface area (Å²) in [4.78, 5) is 0. The van der Waals surface area contributed by atoms with Crippen molar-refractivity contribution in [1.82, 2.24) is 9.88 Å². The van der Waals surface area contributed by atoms with Gasteiger partial charge in [0, 0.05) is 25.0 Å². The van der Waals surface area contributed by atoms with Crippen LogP contribution in [0.1, 0.15) is 38.8 Å². The highest BCUT2D eigenvalue weighted by Gasteiger charge is 2.07. The normalized spacial score (nSPS) is 13.5. The third-order valence-electron chi connectivity index (χ3n) is 2.51. The maximum absolute atomic E-state index is 3.32. The van der Waals surface area contributed by atoms with Crippen LogP contribution in [-0.2, 0) is 6.54 Å². The van der Waals surface area contributed by atoms with E-state index in [0.717, 1.165) is 13.0 Å². The maximum atomic E-state index is 3.32. The molecule has 0 spiro atoms. The van der Waals surface area contributed by atoms with Gasteiger partial charge < -0.3 is 9.88 Å². The Hall–Kier alpha value is -0.760. The van der Waals surface area contributed by atoms with Crippen molar-refractivity contribution >= 4 is 0 Å². The molecule has 0 aliphatic heterocycles. The van der Waals surface area contributed by atoms with Crippen LogP contribution in [0.3, 0.4) is 0 Å². The molecule has 80 valence electrons. The molecule has 0 fully saturated rings. The first-order chi connectivity index (χ1) is 6.67. The minimum Gasteiger partial charge on any atom is -0.354 e. The number of nitrogens with one attached hydrogen (secondary N) is 1. The first-order valence-corrected chi connectivity index (χ1v) is 5.50. The van der Waals surface area contributed by atoms with Gasteiger partial charge in [-0.3, -0.25) is 0 Å². The molecule has 0 aliphatic carbocycles. The Morgan fingerprint density at radius 2 is 2.14 bits per heavy atom. The van der Waals surface area contributed by atoms with Gasteiger partial charge in [0.1, 0.15) is 0 Å². The van der Waals surface area contributed by atoms with Gasteiger partial charge in [0.2, 0.25) is 0 Å². The lowest BCUT2D eigenvalue weighted by molar-refractivity contribution is 0.520. The molecule has 14 heavy (non-hydrogen) atoms. The second kappa shape index (κ2) is 5.20. The summed E-state index contributed by atoms with van der Waals surface area (Å²) in [5, 5.41) is 3.32. The highest BCUT2D eigenvalue weighted by atomic mass is 15.0. The fraction of sp³-hybridized carbons (Fsp3) is 0.667. The third kappa shape index (κ3) is 2.88. The van der Waals surface area contributed by atoms with Gasteiger partial charge in [0.05, 0.1) is 0 Å². The second-order valence-electron chi connectivity index (χ2n) is 4.28. The molecule has 0 saturated heterocycles. The predicted molar refractivity (Wildman–Crippen MR) is 61.4 cm³/mol. The minimum atomic E-state index is 0.503. The van der Waals surface area contributed by atoms with Gasteiger partial charge in [-0.05, 0) is 31.0 Å². The van der Waals surface area contributed by atoms with Crippen molar-refractivity contribution in [3.05, 3.63) is 24.0 Å². The summed E-state index contributed by atoms with van der Waals surface area (Å²) in [6.07, 6.45) is 5.57. The number of hydrogen-bond acceptors (Lipinski definition) is 1. The Bertz CT molecular complexity index is 259. The number of hydrogen-bond donors (Lipinski definition) is 1. The predicted octanol–water partition coefficient (Wildman–Crippen LogP) is 2.81. The van der Waals surface area contributed by atoms with Crippen molar-refractivity contribution in [3.8, 4) is 0 Å². The van der Waals surface area contributed by atoms with Crippen molar-refractivity contribution < 1.29 is 0 Å². The molecule has 1 atom stereocenters. The summed E-state index contributed by atoms with van der Waals surface area (Å²) in [6, 6.07) is 2.72. The molecule has 1 N–H and O–H groups in total. The quantitative estimate of drug-likeness (QED) is 0.762. The summed E-state index contributed by atoms with van der Waals surface area (Å²) in [5.74, 6) is 0.713. The summed E-state index contributed by atoms with van der Waals surface area (Å²) < 4.78 is 2.28. The summed E-state index contributed by atoms with van der Waals surface area (Å²) in [7, 11) is 2.02. The summed E-state index contributed by atoms with van der Waals surface area (Å²) in [5.41, 5.74) is 1.40. The zero-order chi connectivity index (χ0) is 10.6.